The monoisotopic (exact) mass is 394 g/mol. The Labute approximate surface area is 175 Å². The number of guanidine groups is 1. The molecule has 0 bridgehead atoms. The van der Waals surface area contributed by atoms with Gasteiger partial charge in [0.2, 0.25) is 0 Å². The molecule has 1 aromatic heterocycles. The molecule has 2 aromatic rings. The molecular weight excluding hydrogens is 360 g/mol. The molecule has 6 heteroatoms. The van der Waals surface area contributed by atoms with Crippen LogP contribution < -0.4 is 15.5 Å². The minimum atomic E-state index is 0.454. The van der Waals surface area contributed by atoms with E-state index in [4.69, 9.17) is 0 Å². The molecule has 1 saturated heterocycles. The van der Waals surface area contributed by atoms with Crippen LogP contribution >= 0.6 is 0 Å². The summed E-state index contributed by atoms with van der Waals surface area (Å²) in [6.45, 7) is 6.11. The molecular formula is C23H34N6. The molecule has 29 heavy (non-hydrogen) atoms. The van der Waals surface area contributed by atoms with Crippen LogP contribution in [0.4, 0.5) is 5.82 Å². The first-order valence-corrected chi connectivity index (χ1v) is 10.4. The Hall–Kier alpha value is -2.60. The van der Waals surface area contributed by atoms with Gasteiger partial charge in [0.05, 0.1) is 12.2 Å². The normalized spacial score (nSPS) is 15.9. The van der Waals surface area contributed by atoms with E-state index in [0.717, 1.165) is 49.9 Å². The van der Waals surface area contributed by atoms with Crippen LogP contribution in [0.25, 0.3) is 0 Å². The number of piperidine rings is 1. The molecule has 156 valence electrons. The average molecular weight is 395 g/mol. The molecule has 6 nitrogen and oxygen atoms in total. The Balaban J connectivity index is 1.45. The Kier molecular flexibility index (Phi) is 7.47. The first-order chi connectivity index (χ1) is 14.0. The molecule has 0 atom stereocenters. The van der Waals surface area contributed by atoms with Gasteiger partial charge in [-0.15, -0.1) is 0 Å². The second-order valence-corrected chi connectivity index (χ2v) is 7.93. The minimum Gasteiger partial charge on any atom is -0.363 e. The van der Waals surface area contributed by atoms with E-state index in [9.17, 15) is 0 Å². The zero-order valence-electron chi connectivity index (χ0n) is 18.2. The van der Waals surface area contributed by atoms with Gasteiger partial charge in [0, 0.05) is 46.8 Å². The molecule has 0 spiro atoms. The SMILES string of the molecule is CN=C(NCc1cccc(N(C)C)n1)NC1CCN(Cc2ccccc2C)CC1. The van der Waals surface area contributed by atoms with Crippen molar-refractivity contribution in [2.45, 2.75) is 38.9 Å². The highest BCUT2D eigenvalue weighted by molar-refractivity contribution is 5.79. The average Bonchev–Trinajstić information content (AvgIpc) is 2.74. The Morgan fingerprint density at radius 2 is 1.90 bits per heavy atom. The summed E-state index contributed by atoms with van der Waals surface area (Å²) in [7, 11) is 5.84. The highest BCUT2D eigenvalue weighted by Gasteiger charge is 2.20. The third-order valence-electron chi connectivity index (χ3n) is 5.49. The number of pyridine rings is 1. The lowest BCUT2D eigenvalue weighted by Crippen LogP contribution is -2.48. The predicted octanol–water partition coefficient (Wildman–Crippen LogP) is 2.79. The van der Waals surface area contributed by atoms with Crippen LogP contribution in [-0.2, 0) is 13.1 Å². The molecule has 0 amide bonds. The smallest absolute Gasteiger partial charge is 0.191 e. The first kappa shape index (κ1) is 21.1. The maximum absolute atomic E-state index is 4.66. The molecule has 0 saturated carbocycles. The van der Waals surface area contributed by atoms with E-state index >= 15 is 0 Å². The summed E-state index contributed by atoms with van der Waals surface area (Å²) in [5.74, 6) is 1.81. The lowest BCUT2D eigenvalue weighted by Gasteiger charge is -2.33. The summed E-state index contributed by atoms with van der Waals surface area (Å²) in [5.41, 5.74) is 3.82. The van der Waals surface area contributed by atoms with E-state index < -0.39 is 0 Å². The van der Waals surface area contributed by atoms with Crippen molar-refractivity contribution in [1.82, 2.24) is 20.5 Å². The van der Waals surface area contributed by atoms with Gasteiger partial charge in [-0.3, -0.25) is 9.89 Å². The van der Waals surface area contributed by atoms with Gasteiger partial charge in [-0.05, 0) is 43.0 Å². The fourth-order valence-corrected chi connectivity index (χ4v) is 3.64. The number of nitrogens with one attached hydrogen (secondary N) is 2. The third kappa shape index (κ3) is 6.19. The van der Waals surface area contributed by atoms with Gasteiger partial charge in [-0.25, -0.2) is 4.98 Å². The van der Waals surface area contributed by atoms with Gasteiger partial charge in [0.1, 0.15) is 5.82 Å². The second-order valence-electron chi connectivity index (χ2n) is 7.93. The molecule has 0 radical (unpaired) electrons. The zero-order chi connectivity index (χ0) is 20.6. The van der Waals surface area contributed by atoms with E-state index in [0.29, 0.717) is 12.6 Å². The molecule has 3 rings (SSSR count). The van der Waals surface area contributed by atoms with E-state index in [1.54, 1.807) is 0 Å². The number of aryl methyl sites for hydroxylation is 1. The van der Waals surface area contributed by atoms with E-state index in [1.807, 2.05) is 44.2 Å². The third-order valence-corrected chi connectivity index (χ3v) is 5.49. The summed E-state index contributed by atoms with van der Waals surface area (Å²) in [4.78, 5) is 13.6. The predicted molar refractivity (Wildman–Crippen MR) is 121 cm³/mol. The van der Waals surface area contributed by atoms with Gasteiger partial charge in [-0.1, -0.05) is 30.3 Å². The first-order valence-electron chi connectivity index (χ1n) is 10.4. The summed E-state index contributed by atoms with van der Waals surface area (Å²) >= 11 is 0. The number of benzene rings is 1. The zero-order valence-corrected chi connectivity index (χ0v) is 18.2. The Bertz CT molecular complexity index is 809. The van der Waals surface area contributed by atoms with Crippen molar-refractivity contribution in [2.24, 2.45) is 4.99 Å². The van der Waals surface area contributed by atoms with Crippen LogP contribution in [0.2, 0.25) is 0 Å². The number of rotatable bonds is 6. The van der Waals surface area contributed by atoms with Crippen molar-refractivity contribution in [3.05, 3.63) is 59.3 Å². The van der Waals surface area contributed by atoms with Crippen LogP contribution in [-0.4, -0.2) is 56.1 Å². The van der Waals surface area contributed by atoms with Crippen LogP contribution in [0.15, 0.2) is 47.5 Å². The standard InChI is InChI=1S/C23H34N6/c1-18-8-5-6-9-19(18)17-29-14-12-20(13-15-29)27-23(24-2)25-16-21-10-7-11-22(26-21)28(3)4/h5-11,20H,12-17H2,1-4H3,(H2,24,25,27). The van der Waals surface area contributed by atoms with E-state index in [2.05, 4.69) is 56.7 Å². The minimum absolute atomic E-state index is 0.454. The van der Waals surface area contributed by atoms with Gasteiger partial charge >= 0.3 is 0 Å². The fourth-order valence-electron chi connectivity index (χ4n) is 3.64. The molecule has 1 aromatic carbocycles. The number of hydrogen-bond donors (Lipinski definition) is 2. The number of aliphatic imine (C=N–C) groups is 1. The largest absolute Gasteiger partial charge is 0.363 e. The number of nitrogens with zero attached hydrogens (tertiary/aromatic N) is 4. The van der Waals surface area contributed by atoms with Crippen LogP contribution in [0.1, 0.15) is 29.7 Å². The van der Waals surface area contributed by atoms with Crippen molar-refractivity contribution in [3.8, 4) is 0 Å². The maximum atomic E-state index is 4.66. The van der Waals surface area contributed by atoms with Crippen molar-refractivity contribution in [3.63, 3.8) is 0 Å². The summed E-state index contributed by atoms with van der Waals surface area (Å²) in [6.07, 6.45) is 2.25. The molecule has 0 unspecified atom stereocenters. The summed E-state index contributed by atoms with van der Waals surface area (Å²) in [5, 5.41) is 6.98. The van der Waals surface area contributed by atoms with Gasteiger partial charge in [0.15, 0.2) is 5.96 Å². The van der Waals surface area contributed by atoms with Crippen molar-refractivity contribution >= 4 is 11.8 Å². The topological polar surface area (TPSA) is 55.8 Å². The number of anilines is 1. The van der Waals surface area contributed by atoms with Crippen LogP contribution in [0, 0.1) is 6.92 Å². The van der Waals surface area contributed by atoms with E-state index in [-0.39, 0.29) is 0 Å². The number of likely N-dealkylation sites (tertiary alicyclic amines) is 1. The molecule has 2 N–H and O–H groups in total. The molecule has 0 aliphatic carbocycles. The van der Waals surface area contributed by atoms with Gasteiger partial charge in [0.25, 0.3) is 0 Å². The van der Waals surface area contributed by atoms with Crippen molar-refractivity contribution in [2.75, 3.05) is 39.1 Å². The molecule has 1 aliphatic rings. The fraction of sp³-hybridized carbons (Fsp3) is 0.478. The number of hydrogen-bond acceptors (Lipinski definition) is 4. The van der Waals surface area contributed by atoms with Crippen molar-refractivity contribution < 1.29 is 0 Å². The molecule has 1 aliphatic heterocycles. The lowest BCUT2D eigenvalue weighted by atomic mass is 10.0. The van der Waals surface area contributed by atoms with Gasteiger partial charge < -0.3 is 15.5 Å². The lowest BCUT2D eigenvalue weighted by molar-refractivity contribution is 0.198. The number of aromatic nitrogens is 1. The summed E-state index contributed by atoms with van der Waals surface area (Å²) in [6, 6.07) is 15.2. The summed E-state index contributed by atoms with van der Waals surface area (Å²) < 4.78 is 0. The quantitative estimate of drug-likeness (QED) is 0.583. The Morgan fingerprint density at radius 1 is 1.14 bits per heavy atom. The molecule has 1 fully saturated rings. The van der Waals surface area contributed by atoms with Crippen molar-refractivity contribution in [1.29, 1.82) is 0 Å². The highest BCUT2D eigenvalue weighted by atomic mass is 15.2. The highest BCUT2D eigenvalue weighted by Crippen LogP contribution is 2.16. The second kappa shape index (κ2) is 10.3. The molecule has 2 heterocycles. The van der Waals surface area contributed by atoms with E-state index in [1.165, 1.54) is 11.1 Å². The van der Waals surface area contributed by atoms with Crippen LogP contribution in [0.5, 0.6) is 0 Å². The maximum Gasteiger partial charge on any atom is 0.191 e. The van der Waals surface area contributed by atoms with Crippen LogP contribution in [0.3, 0.4) is 0 Å². The Morgan fingerprint density at radius 3 is 2.59 bits per heavy atom. The van der Waals surface area contributed by atoms with Gasteiger partial charge in [-0.2, -0.15) is 0 Å².